The van der Waals surface area contributed by atoms with Gasteiger partial charge in [-0.3, -0.25) is 14.5 Å². The first-order chi connectivity index (χ1) is 10.5. The van der Waals surface area contributed by atoms with Crippen molar-refractivity contribution in [3.8, 4) is 0 Å². The fourth-order valence-electron chi connectivity index (χ4n) is 2.29. The SMILES string of the molecule is COC(=O)C1(OC(C)=O)C(=O)CCCCN1C(=O)OC(C)(C)C. The molecular weight excluding hydrogens is 306 g/mol. The minimum Gasteiger partial charge on any atom is -0.464 e. The second kappa shape index (κ2) is 6.97. The maximum Gasteiger partial charge on any atom is 0.414 e. The Kier molecular flexibility index (Phi) is 5.74. The van der Waals surface area contributed by atoms with Gasteiger partial charge in [0.25, 0.3) is 0 Å². The molecule has 1 atom stereocenters. The van der Waals surface area contributed by atoms with Crippen LogP contribution >= 0.6 is 0 Å². The third-order valence-corrected chi connectivity index (χ3v) is 3.16. The van der Waals surface area contributed by atoms with Crippen molar-refractivity contribution in [1.82, 2.24) is 4.90 Å². The third kappa shape index (κ3) is 4.20. The van der Waals surface area contributed by atoms with Crippen LogP contribution in [0.3, 0.4) is 0 Å². The Morgan fingerprint density at radius 3 is 2.26 bits per heavy atom. The largest absolute Gasteiger partial charge is 0.464 e. The zero-order valence-corrected chi connectivity index (χ0v) is 14.1. The summed E-state index contributed by atoms with van der Waals surface area (Å²) in [5.41, 5.74) is -3.27. The smallest absolute Gasteiger partial charge is 0.414 e. The Labute approximate surface area is 135 Å². The van der Waals surface area contributed by atoms with Crippen LogP contribution in [0.1, 0.15) is 47.0 Å². The van der Waals surface area contributed by atoms with E-state index in [0.717, 1.165) is 18.9 Å². The third-order valence-electron chi connectivity index (χ3n) is 3.16. The Balaban J connectivity index is 3.38. The molecule has 1 amide bonds. The highest BCUT2D eigenvalue weighted by Gasteiger charge is 2.58. The minimum atomic E-state index is -2.43. The summed E-state index contributed by atoms with van der Waals surface area (Å²) in [4.78, 5) is 49.6. The Bertz CT molecular complexity index is 508. The second-order valence-corrected chi connectivity index (χ2v) is 6.24. The number of likely N-dealkylation sites (tertiary alicyclic amines) is 1. The maximum atomic E-state index is 12.5. The van der Waals surface area contributed by atoms with E-state index in [0.29, 0.717) is 12.8 Å². The van der Waals surface area contributed by atoms with Gasteiger partial charge in [0.15, 0.2) is 0 Å². The molecule has 8 heteroatoms. The number of ether oxygens (including phenoxy) is 3. The predicted molar refractivity (Wildman–Crippen MR) is 78.3 cm³/mol. The van der Waals surface area contributed by atoms with Crippen molar-refractivity contribution >= 4 is 23.8 Å². The van der Waals surface area contributed by atoms with Gasteiger partial charge in [-0.2, -0.15) is 0 Å². The number of carbonyl (C=O) groups is 4. The maximum absolute atomic E-state index is 12.5. The van der Waals surface area contributed by atoms with Crippen molar-refractivity contribution in [1.29, 1.82) is 0 Å². The number of Topliss-reactive ketones (excluding diaryl/α,β-unsaturated/α-hetero) is 1. The lowest BCUT2D eigenvalue weighted by atomic mass is 10.0. The molecule has 8 nitrogen and oxygen atoms in total. The molecule has 1 unspecified atom stereocenters. The summed E-state index contributed by atoms with van der Waals surface area (Å²) in [6, 6.07) is 0. The van der Waals surface area contributed by atoms with E-state index < -0.39 is 35.1 Å². The van der Waals surface area contributed by atoms with E-state index in [1.807, 2.05) is 0 Å². The van der Waals surface area contributed by atoms with E-state index >= 15 is 0 Å². The molecule has 0 aromatic heterocycles. The summed E-state index contributed by atoms with van der Waals surface area (Å²) in [5, 5.41) is 0. The molecule has 1 aliphatic rings. The van der Waals surface area contributed by atoms with Crippen LogP contribution in [0, 0.1) is 0 Å². The van der Waals surface area contributed by atoms with Gasteiger partial charge in [-0.05, 0) is 33.6 Å². The molecule has 0 aromatic carbocycles. The number of methoxy groups -OCH3 is 1. The second-order valence-electron chi connectivity index (χ2n) is 6.24. The van der Waals surface area contributed by atoms with Crippen molar-refractivity contribution in [2.75, 3.05) is 13.7 Å². The first kappa shape index (κ1) is 18.9. The molecule has 0 saturated carbocycles. The number of nitrogens with zero attached hydrogens (tertiary/aromatic N) is 1. The Hall–Kier alpha value is -2.12. The molecule has 1 saturated heterocycles. The zero-order valence-electron chi connectivity index (χ0n) is 14.1. The van der Waals surface area contributed by atoms with E-state index in [1.54, 1.807) is 20.8 Å². The molecule has 1 aliphatic heterocycles. The quantitative estimate of drug-likeness (QED) is 0.429. The molecule has 130 valence electrons. The van der Waals surface area contributed by atoms with Gasteiger partial charge in [-0.15, -0.1) is 0 Å². The lowest BCUT2D eigenvalue weighted by Gasteiger charge is -2.38. The lowest BCUT2D eigenvalue weighted by Crippen LogP contribution is -2.64. The Morgan fingerprint density at radius 1 is 1.17 bits per heavy atom. The molecule has 0 aliphatic carbocycles. The fourth-order valence-corrected chi connectivity index (χ4v) is 2.29. The van der Waals surface area contributed by atoms with Crippen LogP contribution in [0.2, 0.25) is 0 Å². The molecule has 0 N–H and O–H groups in total. The van der Waals surface area contributed by atoms with Crippen molar-refractivity contribution in [2.45, 2.75) is 58.3 Å². The van der Waals surface area contributed by atoms with Crippen LogP contribution in [0.25, 0.3) is 0 Å². The number of carbonyl (C=O) groups excluding carboxylic acids is 4. The van der Waals surface area contributed by atoms with Crippen molar-refractivity contribution in [2.24, 2.45) is 0 Å². The van der Waals surface area contributed by atoms with Gasteiger partial charge in [0, 0.05) is 19.9 Å². The summed E-state index contributed by atoms with van der Waals surface area (Å²) < 4.78 is 14.9. The molecule has 0 bridgehead atoms. The summed E-state index contributed by atoms with van der Waals surface area (Å²) in [6.45, 7) is 6.03. The molecule has 23 heavy (non-hydrogen) atoms. The standard InChI is InChI=1S/C15H23NO7/c1-10(17)22-15(12(19)21-5)11(18)8-6-7-9-16(15)13(20)23-14(2,3)4/h6-9H2,1-5H3. The number of esters is 2. The number of hydrogen-bond acceptors (Lipinski definition) is 7. The Morgan fingerprint density at radius 2 is 1.78 bits per heavy atom. The van der Waals surface area contributed by atoms with Crippen molar-refractivity contribution < 1.29 is 33.4 Å². The highest BCUT2D eigenvalue weighted by atomic mass is 16.6. The number of ketones is 1. The number of rotatable bonds is 2. The normalized spacial score (nSPS) is 22.1. The van der Waals surface area contributed by atoms with Gasteiger partial charge < -0.3 is 14.2 Å². The summed E-state index contributed by atoms with van der Waals surface area (Å²) in [5.74, 6) is -2.70. The number of hydrogen-bond donors (Lipinski definition) is 0. The van der Waals surface area contributed by atoms with Crippen molar-refractivity contribution in [3.05, 3.63) is 0 Å². The topological polar surface area (TPSA) is 99.2 Å². The van der Waals surface area contributed by atoms with E-state index in [9.17, 15) is 19.2 Å². The van der Waals surface area contributed by atoms with E-state index in [-0.39, 0.29) is 13.0 Å². The van der Waals surface area contributed by atoms with Crippen LogP contribution in [0.5, 0.6) is 0 Å². The number of amides is 1. The van der Waals surface area contributed by atoms with Gasteiger partial charge in [-0.25, -0.2) is 9.59 Å². The monoisotopic (exact) mass is 329 g/mol. The van der Waals surface area contributed by atoms with Crippen LogP contribution in [-0.2, 0) is 28.6 Å². The minimum absolute atomic E-state index is 0.0122. The molecule has 1 rings (SSSR count). The van der Waals surface area contributed by atoms with Crippen LogP contribution in [-0.4, -0.2) is 53.7 Å². The van der Waals surface area contributed by atoms with E-state index in [4.69, 9.17) is 9.47 Å². The molecule has 0 aromatic rings. The summed E-state index contributed by atoms with van der Waals surface area (Å²) in [6.07, 6.45) is -0.00967. The van der Waals surface area contributed by atoms with Gasteiger partial charge in [0.05, 0.1) is 7.11 Å². The molecule has 0 spiro atoms. The summed E-state index contributed by atoms with van der Waals surface area (Å²) >= 11 is 0. The predicted octanol–water partition coefficient (Wildman–Crippen LogP) is 1.41. The fraction of sp³-hybridized carbons (Fsp3) is 0.733. The van der Waals surface area contributed by atoms with E-state index in [2.05, 4.69) is 4.74 Å². The van der Waals surface area contributed by atoms with Crippen LogP contribution in [0.15, 0.2) is 0 Å². The first-order valence-electron chi connectivity index (χ1n) is 7.36. The van der Waals surface area contributed by atoms with Crippen LogP contribution in [0.4, 0.5) is 4.79 Å². The van der Waals surface area contributed by atoms with Gasteiger partial charge in [-0.1, -0.05) is 0 Å². The average molecular weight is 329 g/mol. The van der Waals surface area contributed by atoms with Crippen LogP contribution < -0.4 is 0 Å². The van der Waals surface area contributed by atoms with Gasteiger partial charge in [0.1, 0.15) is 5.60 Å². The molecule has 0 radical (unpaired) electrons. The molecule has 1 heterocycles. The molecular formula is C15H23NO7. The lowest BCUT2D eigenvalue weighted by molar-refractivity contribution is -0.202. The summed E-state index contributed by atoms with van der Waals surface area (Å²) in [7, 11) is 1.05. The van der Waals surface area contributed by atoms with Crippen molar-refractivity contribution in [3.63, 3.8) is 0 Å². The highest BCUT2D eigenvalue weighted by Crippen LogP contribution is 2.29. The van der Waals surface area contributed by atoms with E-state index in [1.165, 1.54) is 0 Å². The molecule has 1 fully saturated rings. The average Bonchev–Trinajstić information content (AvgIpc) is 2.56. The van der Waals surface area contributed by atoms with Gasteiger partial charge >= 0.3 is 23.8 Å². The van der Waals surface area contributed by atoms with Gasteiger partial charge in [0.2, 0.25) is 5.78 Å². The zero-order chi connectivity index (χ0) is 17.8. The highest BCUT2D eigenvalue weighted by molar-refractivity contribution is 6.10. The first-order valence-corrected chi connectivity index (χ1v) is 7.36.